The quantitative estimate of drug-likeness (QED) is 0.419. The maximum absolute atomic E-state index is 12.8. The van der Waals surface area contributed by atoms with Gasteiger partial charge in [-0.3, -0.25) is 9.59 Å². The van der Waals surface area contributed by atoms with E-state index in [4.69, 9.17) is 21.1 Å². The Morgan fingerprint density at radius 3 is 2.42 bits per heavy atom. The zero-order valence-corrected chi connectivity index (χ0v) is 18.2. The largest absolute Gasteiger partial charge is 0.493 e. The van der Waals surface area contributed by atoms with Crippen LogP contribution in [0.3, 0.4) is 0 Å². The fraction of sp³-hybridized carbons (Fsp3) is 0.0833. The Kier molecular flexibility index (Phi) is 6.30. The van der Waals surface area contributed by atoms with Crippen LogP contribution in [0.15, 0.2) is 77.7 Å². The summed E-state index contributed by atoms with van der Waals surface area (Å²) in [5, 5.41) is 0.182. The molecule has 0 saturated carbocycles. The molecular formula is C24H18ClNO4S. The molecule has 0 N–H and O–H groups in total. The highest BCUT2D eigenvalue weighted by atomic mass is 35.5. The van der Waals surface area contributed by atoms with Crippen LogP contribution in [0.2, 0.25) is 5.02 Å². The molecule has 1 aliphatic rings. The highest BCUT2D eigenvalue weighted by molar-refractivity contribution is 8.19. The minimum Gasteiger partial charge on any atom is -0.493 e. The highest BCUT2D eigenvalue weighted by Gasteiger charge is 2.36. The van der Waals surface area contributed by atoms with Crippen LogP contribution in [0.5, 0.6) is 11.5 Å². The van der Waals surface area contributed by atoms with Gasteiger partial charge in [0.15, 0.2) is 11.5 Å². The number of carbonyl (C=O) groups excluding carboxylic acids is 2. The Morgan fingerprint density at radius 1 is 0.968 bits per heavy atom. The molecule has 0 bridgehead atoms. The van der Waals surface area contributed by atoms with E-state index in [1.807, 2.05) is 36.4 Å². The third kappa shape index (κ3) is 4.76. The van der Waals surface area contributed by atoms with Crippen molar-refractivity contribution in [3.63, 3.8) is 0 Å². The van der Waals surface area contributed by atoms with Gasteiger partial charge in [0.2, 0.25) is 0 Å². The van der Waals surface area contributed by atoms with Crippen molar-refractivity contribution in [3.05, 3.63) is 93.9 Å². The second kappa shape index (κ2) is 9.29. The van der Waals surface area contributed by atoms with Crippen molar-refractivity contribution in [2.75, 3.05) is 12.0 Å². The molecule has 0 atom stereocenters. The molecule has 4 rings (SSSR count). The van der Waals surface area contributed by atoms with E-state index in [1.54, 1.807) is 49.6 Å². The molecule has 1 fully saturated rings. The molecule has 156 valence electrons. The molecule has 7 heteroatoms. The zero-order chi connectivity index (χ0) is 21.8. The number of thioether (sulfide) groups is 1. The summed E-state index contributed by atoms with van der Waals surface area (Å²) in [5.41, 5.74) is 2.26. The average molecular weight is 452 g/mol. The number of imide groups is 1. The summed E-state index contributed by atoms with van der Waals surface area (Å²) in [7, 11) is 1.56. The van der Waals surface area contributed by atoms with E-state index >= 15 is 0 Å². The maximum Gasteiger partial charge on any atom is 0.298 e. The van der Waals surface area contributed by atoms with Crippen molar-refractivity contribution in [3.8, 4) is 11.5 Å². The summed E-state index contributed by atoms with van der Waals surface area (Å²) in [6.07, 6.45) is 1.67. The van der Waals surface area contributed by atoms with Crippen LogP contribution < -0.4 is 14.4 Å². The fourth-order valence-electron chi connectivity index (χ4n) is 3.06. The van der Waals surface area contributed by atoms with E-state index in [9.17, 15) is 9.59 Å². The molecule has 5 nitrogen and oxygen atoms in total. The third-order valence-corrected chi connectivity index (χ3v) is 5.72. The van der Waals surface area contributed by atoms with Gasteiger partial charge in [-0.1, -0.05) is 48.0 Å². The number of hydrogen-bond donors (Lipinski definition) is 0. The lowest BCUT2D eigenvalue weighted by molar-refractivity contribution is -0.113. The highest BCUT2D eigenvalue weighted by Crippen LogP contribution is 2.37. The van der Waals surface area contributed by atoms with Gasteiger partial charge >= 0.3 is 0 Å². The summed E-state index contributed by atoms with van der Waals surface area (Å²) in [5.74, 6) is 0.764. The molecule has 3 aromatic rings. The number of anilines is 1. The van der Waals surface area contributed by atoms with Crippen LogP contribution in [0, 0.1) is 0 Å². The van der Waals surface area contributed by atoms with E-state index in [1.165, 1.54) is 0 Å². The third-order valence-electron chi connectivity index (χ3n) is 4.60. The van der Waals surface area contributed by atoms with Crippen molar-refractivity contribution < 1.29 is 19.1 Å². The minimum absolute atomic E-state index is 0.333. The summed E-state index contributed by atoms with van der Waals surface area (Å²) in [6, 6.07) is 21.8. The number of rotatable bonds is 6. The number of nitrogens with zero attached hydrogens (tertiary/aromatic N) is 1. The second-order valence-electron chi connectivity index (χ2n) is 6.68. The van der Waals surface area contributed by atoms with Crippen LogP contribution in [-0.2, 0) is 11.4 Å². The van der Waals surface area contributed by atoms with Crippen molar-refractivity contribution >= 4 is 46.3 Å². The molecular weight excluding hydrogens is 434 g/mol. The van der Waals surface area contributed by atoms with Crippen LogP contribution in [0.1, 0.15) is 11.1 Å². The van der Waals surface area contributed by atoms with E-state index in [-0.39, 0.29) is 11.1 Å². The zero-order valence-electron chi connectivity index (χ0n) is 16.6. The Labute approximate surface area is 189 Å². The molecule has 1 heterocycles. The van der Waals surface area contributed by atoms with Gasteiger partial charge in [0.05, 0.1) is 17.7 Å². The lowest BCUT2D eigenvalue weighted by Gasteiger charge is -2.12. The predicted molar refractivity (Wildman–Crippen MR) is 124 cm³/mol. The number of benzene rings is 3. The van der Waals surface area contributed by atoms with Crippen molar-refractivity contribution in [2.24, 2.45) is 0 Å². The standard InChI is InChI=1S/C24H18ClNO4S/c1-29-21-13-17(7-12-20(21)30-15-16-5-3-2-4-6-16)14-22-23(27)26(24(28)31-22)19-10-8-18(25)9-11-19/h2-14H,15H2,1H3/b22-14-. The first-order valence-electron chi connectivity index (χ1n) is 9.43. The average Bonchev–Trinajstić information content (AvgIpc) is 3.07. The normalized spacial score (nSPS) is 14.9. The number of methoxy groups -OCH3 is 1. The van der Waals surface area contributed by atoms with Gasteiger partial charge in [-0.15, -0.1) is 0 Å². The lowest BCUT2D eigenvalue weighted by atomic mass is 10.1. The first kappa shape index (κ1) is 21.0. The van der Waals surface area contributed by atoms with Crippen LogP contribution in [0.25, 0.3) is 6.08 Å². The first-order valence-corrected chi connectivity index (χ1v) is 10.6. The fourth-order valence-corrected chi connectivity index (χ4v) is 4.03. The van der Waals surface area contributed by atoms with E-state index in [0.29, 0.717) is 33.7 Å². The van der Waals surface area contributed by atoms with Crippen LogP contribution in [-0.4, -0.2) is 18.3 Å². The van der Waals surface area contributed by atoms with Crippen LogP contribution >= 0.6 is 23.4 Å². The summed E-state index contributed by atoms with van der Waals surface area (Å²) in [4.78, 5) is 26.7. The lowest BCUT2D eigenvalue weighted by Crippen LogP contribution is -2.27. The molecule has 0 aliphatic carbocycles. The molecule has 2 amide bonds. The summed E-state index contributed by atoms with van der Waals surface area (Å²) < 4.78 is 11.3. The van der Waals surface area contributed by atoms with Gasteiger partial charge < -0.3 is 9.47 Å². The van der Waals surface area contributed by atoms with Crippen molar-refractivity contribution in [2.45, 2.75) is 6.61 Å². The van der Waals surface area contributed by atoms with Crippen molar-refractivity contribution in [1.29, 1.82) is 0 Å². The first-order chi connectivity index (χ1) is 15.0. The number of ether oxygens (including phenoxy) is 2. The predicted octanol–water partition coefficient (Wildman–Crippen LogP) is 6.17. The summed E-state index contributed by atoms with van der Waals surface area (Å²) >= 11 is 6.79. The van der Waals surface area contributed by atoms with E-state index in [2.05, 4.69) is 0 Å². The topological polar surface area (TPSA) is 55.8 Å². The Balaban J connectivity index is 1.53. The molecule has 31 heavy (non-hydrogen) atoms. The Hall–Kier alpha value is -3.22. The maximum atomic E-state index is 12.8. The number of halogens is 1. The van der Waals surface area contributed by atoms with E-state index in [0.717, 1.165) is 27.8 Å². The molecule has 3 aromatic carbocycles. The van der Waals surface area contributed by atoms with Gasteiger partial charge in [0, 0.05) is 5.02 Å². The van der Waals surface area contributed by atoms with E-state index < -0.39 is 0 Å². The number of amides is 2. The minimum atomic E-state index is -0.374. The van der Waals surface area contributed by atoms with Crippen molar-refractivity contribution in [1.82, 2.24) is 0 Å². The molecule has 0 spiro atoms. The van der Waals surface area contributed by atoms with Crippen LogP contribution in [0.4, 0.5) is 10.5 Å². The Morgan fingerprint density at radius 2 is 1.71 bits per heavy atom. The van der Waals surface area contributed by atoms with Gasteiger partial charge in [0.1, 0.15) is 6.61 Å². The van der Waals surface area contributed by atoms with Gasteiger partial charge in [-0.05, 0) is 65.4 Å². The van der Waals surface area contributed by atoms with Gasteiger partial charge in [-0.25, -0.2) is 4.90 Å². The smallest absolute Gasteiger partial charge is 0.298 e. The molecule has 0 unspecified atom stereocenters. The Bertz CT molecular complexity index is 1150. The number of hydrogen-bond acceptors (Lipinski definition) is 5. The number of carbonyl (C=O) groups is 2. The molecule has 0 aromatic heterocycles. The van der Waals surface area contributed by atoms with Gasteiger partial charge in [0.25, 0.3) is 11.1 Å². The van der Waals surface area contributed by atoms with Gasteiger partial charge in [-0.2, -0.15) is 0 Å². The summed E-state index contributed by atoms with van der Waals surface area (Å²) in [6.45, 7) is 0.413. The molecule has 1 aliphatic heterocycles. The second-order valence-corrected chi connectivity index (χ2v) is 8.11. The molecule has 0 radical (unpaired) electrons. The SMILES string of the molecule is COc1cc(/C=C2\SC(=O)N(c3ccc(Cl)cc3)C2=O)ccc1OCc1ccccc1. The monoisotopic (exact) mass is 451 g/mol. The molecule has 1 saturated heterocycles.